The van der Waals surface area contributed by atoms with E-state index in [1.807, 2.05) is 37.1 Å². The minimum Gasteiger partial charge on any atom is -0.383 e. The van der Waals surface area contributed by atoms with Crippen molar-refractivity contribution in [2.75, 3.05) is 11.9 Å². The van der Waals surface area contributed by atoms with Gasteiger partial charge in [0.25, 0.3) is 5.91 Å². The Hall–Kier alpha value is -1.88. The number of rotatable bonds is 6. The summed E-state index contributed by atoms with van der Waals surface area (Å²) in [6.45, 7) is 7.49. The molecule has 0 atom stereocenters. The normalized spacial score (nSPS) is 10.7. The minimum absolute atomic E-state index is 0.0387. The van der Waals surface area contributed by atoms with Crippen LogP contribution in [0, 0.1) is 0 Å². The number of nitrogens with zero attached hydrogens (tertiary/aromatic N) is 2. The van der Waals surface area contributed by atoms with Crippen molar-refractivity contribution in [2.45, 2.75) is 33.4 Å². The van der Waals surface area contributed by atoms with Crippen LogP contribution < -0.4 is 5.32 Å². The summed E-state index contributed by atoms with van der Waals surface area (Å²) in [6.07, 6.45) is 3.37. The van der Waals surface area contributed by atoms with Crippen molar-refractivity contribution >= 4 is 22.9 Å². The van der Waals surface area contributed by atoms with E-state index in [1.54, 1.807) is 29.8 Å². The molecule has 2 rings (SSSR count). The standard InChI is InChI=1S/C16H21N3OS/c1-4-18-15-10-17-8-7-14(15)16(20)19(12(2)3)11-13-6-5-9-21-13/h5-10,12,18H,4,11H2,1-3H3. The van der Waals surface area contributed by atoms with Gasteiger partial charge >= 0.3 is 0 Å². The molecule has 1 amide bonds. The van der Waals surface area contributed by atoms with Gasteiger partial charge in [0, 0.05) is 23.7 Å². The van der Waals surface area contributed by atoms with Crippen LogP contribution in [0.3, 0.4) is 0 Å². The number of aromatic nitrogens is 1. The second kappa shape index (κ2) is 7.22. The molecule has 0 spiro atoms. The van der Waals surface area contributed by atoms with Crippen molar-refractivity contribution in [2.24, 2.45) is 0 Å². The molecule has 0 aliphatic carbocycles. The summed E-state index contributed by atoms with van der Waals surface area (Å²) in [7, 11) is 0. The first-order chi connectivity index (χ1) is 10.1. The fourth-order valence-electron chi connectivity index (χ4n) is 2.13. The summed E-state index contributed by atoms with van der Waals surface area (Å²) < 4.78 is 0. The van der Waals surface area contributed by atoms with Gasteiger partial charge in [0.15, 0.2) is 0 Å². The third kappa shape index (κ3) is 3.82. The van der Waals surface area contributed by atoms with Gasteiger partial charge in [-0.3, -0.25) is 9.78 Å². The van der Waals surface area contributed by atoms with E-state index >= 15 is 0 Å². The van der Waals surface area contributed by atoms with Gasteiger partial charge in [0.05, 0.1) is 24.0 Å². The molecule has 0 aliphatic rings. The average Bonchev–Trinajstić information content (AvgIpc) is 2.98. The first-order valence-electron chi connectivity index (χ1n) is 7.14. The summed E-state index contributed by atoms with van der Waals surface area (Å²) in [4.78, 5) is 20.0. The summed E-state index contributed by atoms with van der Waals surface area (Å²) in [5, 5.41) is 5.24. The molecule has 0 saturated carbocycles. The predicted molar refractivity (Wildman–Crippen MR) is 87.7 cm³/mol. The first kappa shape index (κ1) is 15.5. The number of hydrogen-bond acceptors (Lipinski definition) is 4. The van der Waals surface area contributed by atoms with E-state index < -0.39 is 0 Å². The van der Waals surface area contributed by atoms with E-state index in [0.717, 1.165) is 12.2 Å². The van der Waals surface area contributed by atoms with Gasteiger partial charge in [-0.15, -0.1) is 11.3 Å². The zero-order chi connectivity index (χ0) is 15.2. The van der Waals surface area contributed by atoms with Crippen LogP contribution in [0.2, 0.25) is 0 Å². The third-order valence-corrected chi connectivity index (χ3v) is 4.07. The quantitative estimate of drug-likeness (QED) is 0.886. The van der Waals surface area contributed by atoms with E-state index in [2.05, 4.69) is 16.4 Å². The van der Waals surface area contributed by atoms with Crippen LogP contribution in [0.25, 0.3) is 0 Å². The van der Waals surface area contributed by atoms with Crippen molar-refractivity contribution in [3.8, 4) is 0 Å². The van der Waals surface area contributed by atoms with Crippen LogP contribution >= 0.6 is 11.3 Å². The van der Waals surface area contributed by atoms with Gasteiger partial charge in [0.2, 0.25) is 0 Å². The lowest BCUT2D eigenvalue weighted by Crippen LogP contribution is -2.36. The highest BCUT2D eigenvalue weighted by atomic mass is 32.1. The van der Waals surface area contributed by atoms with Crippen molar-refractivity contribution in [1.82, 2.24) is 9.88 Å². The van der Waals surface area contributed by atoms with E-state index in [-0.39, 0.29) is 11.9 Å². The third-order valence-electron chi connectivity index (χ3n) is 3.21. The molecule has 21 heavy (non-hydrogen) atoms. The molecule has 0 bridgehead atoms. The average molecular weight is 303 g/mol. The highest BCUT2D eigenvalue weighted by Crippen LogP contribution is 2.20. The molecule has 2 heterocycles. The minimum atomic E-state index is 0.0387. The zero-order valence-corrected chi connectivity index (χ0v) is 13.5. The predicted octanol–water partition coefficient (Wildman–Crippen LogP) is 3.63. The zero-order valence-electron chi connectivity index (χ0n) is 12.7. The summed E-state index contributed by atoms with van der Waals surface area (Å²) >= 11 is 1.67. The van der Waals surface area contributed by atoms with Crippen molar-refractivity contribution in [3.05, 3.63) is 46.4 Å². The van der Waals surface area contributed by atoms with Crippen LogP contribution in [0.4, 0.5) is 5.69 Å². The largest absolute Gasteiger partial charge is 0.383 e. The molecule has 5 heteroatoms. The number of nitrogens with one attached hydrogen (secondary N) is 1. The number of carbonyl (C=O) groups is 1. The van der Waals surface area contributed by atoms with Gasteiger partial charge in [-0.25, -0.2) is 0 Å². The Morgan fingerprint density at radius 1 is 1.43 bits per heavy atom. The highest BCUT2D eigenvalue weighted by Gasteiger charge is 2.21. The second-order valence-corrected chi connectivity index (χ2v) is 6.09. The fraction of sp³-hybridized carbons (Fsp3) is 0.375. The van der Waals surface area contributed by atoms with E-state index in [9.17, 15) is 4.79 Å². The number of carbonyl (C=O) groups excluding carboxylic acids is 1. The maximum absolute atomic E-state index is 12.9. The van der Waals surface area contributed by atoms with Gasteiger partial charge in [-0.05, 0) is 38.3 Å². The van der Waals surface area contributed by atoms with Crippen molar-refractivity contribution < 1.29 is 4.79 Å². The maximum atomic E-state index is 12.9. The highest BCUT2D eigenvalue weighted by molar-refractivity contribution is 7.09. The lowest BCUT2D eigenvalue weighted by molar-refractivity contribution is 0.0693. The number of thiophene rings is 1. The molecule has 0 unspecified atom stereocenters. The molecule has 1 N–H and O–H groups in total. The summed E-state index contributed by atoms with van der Waals surface area (Å²) in [6, 6.07) is 6.00. The van der Waals surface area contributed by atoms with Crippen LogP contribution in [-0.2, 0) is 6.54 Å². The van der Waals surface area contributed by atoms with E-state index in [0.29, 0.717) is 12.1 Å². The first-order valence-corrected chi connectivity index (χ1v) is 8.02. The SMILES string of the molecule is CCNc1cnccc1C(=O)N(Cc1cccs1)C(C)C. The van der Waals surface area contributed by atoms with Gasteiger partial charge in [-0.2, -0.15) is 0 Å². The fourth-order valence-corrected chi connectivity index (χ4v) is 2.83. The molecular weight excluding hydrogens is 282 g/mol. The Morgan fingerprint density at radius 3 is 2.86 bits per heavy atom. The molecule has 0 saturated heterocycles. The number of hydrogen-bond donors (Lipinski definition) is 1. The number of amides is 1. The van der Waals surface area contributed by atoms with E-state index in [1.165, 1.54) is 4.88 Å². The Kier molecular flexibility index (Phi) is 5.33. The van der Waals surface area contributed by atoms with Crippen LogP contribution in [0.1, 0.15) is 36.0 Å². The molecule has 112 valence electrons. The topological polar surface area (TPSA) is 45.2 Å². The van der Waals surface area contributed by atoms with Gasteiger partial charge in [0.1, 0.15) is 0 Å². The Bertz CT molecular complexity index is 581. The Morgan fingerprint density at radius 2 is 2.24 bits per heavy atom. The van der Waals surface area contributed by atoms with Crippen LogP contribution in [0.15, 0.2) is 36.0 Å². The number of pyridine rings is 1. The van der Waals surface area contributed by atoms with Crippen LogP contribution in [-0.4, -0.2) is 28.4 Å². The molecule has 2 aromatic heterocycles. The van der Waals surface area contributed by atoms with E-state index in [4.69, 9.17) is 0 Å². The van der Waals surface area contributed by atoms with Gasteiger partial charge in [-0.1, -0.05) is 6.07 Å². The molecule has 0 radical (unpaired) electrons. The molecular formula is C16H21N3OS. The lowest BCUT2D eigenvalue weighted by atomic mass is 10.1. The molecule has 4 nitrogen and oxygen atoms in total. The number of anilines is 1. The molecule has 0 fully saturated rings. The lowest BCUT2D eigenvalue weighted by Gasteiger charge is -2.27. The molecule has 2 aromatic rings. The Labute approximate surface area is 129 Å². The second-order valence-electron chi connectivity index (χ2n) is 5.06. The summed E-state index contributed by atoms with van der Waals surface area (Å²) in [5.41, 5.74) is 1.47. The van der Waals surface area contributed by atoms with Crippen molar-refractivity contribution in [1.29, 1.82) is 0 Å². The summed E-state index contributed by atoms with van der Waals surface area (Å²) in [5.74, 6) is 0.0387. The molecule has 0 aliphatic heterocycles. The maximum Gasteiger partial charge on any atom is 0.256 e. The van der Waals surface area contributed by atoms with Crippen molar-refractivity contribution in [3.63, 3.8) is 0 Å². The monoisotopic (exact) mass is 303 g/mol. The smallest absolute Gasteiger partial charge is 0.256 e. The van der Waals surface area contributed by atoms with Gasteiger partial charge < -0.3 is 10.2 Å². The Balaban J connectivity index is 2.26. The van der Waals surface area contributed by atoms with Crippen LogP contribution in [0.5, 0.6) is 0 Å². The molecule has 0 aromatic carbocycles.